The maximum absolute atomic E-state index is 6.73. The molecule has 0 aliphatic carbocycles. The fraction of sp³-hybridized carbons (Fsp3) is 0. The van der Waals surface area contributed by atoms with E-state index in [1.54, 1.807) is 0 Å². The molecule has 10 aromatic carbocycles. The van der Waals surface area contributed by atoms with Gasteiger partial charge in [0, 0.05) is 0 Å². The van der Waals surface area contributed by atoms with Crippen LogP contribution in [0.5, 0.6) is 92.0 Å². The van der Waals surface area contributed by atoms with Gasteiger partial charge in [-0.3, -0.25) is 0 Å². The normalized spacial score (nSPS) is 10.5. The minimum atomic E-state index is 0.225. The highest BCUT2D eigenvalue weighted by Crippen LogP contribution is 2.58. The summed E-state index contributed by atoms with van der Waals surface area (Å²) in [6, 6.07) is 75.4. The van der Waals surface area contributed by atoms with Crippen LogP contribution in [0.4, 0.5) is 0 Å². The first-order valence-corrected chi connectivity index (χ1v) is 24.8. The van der Waals surface area contributed by atoms with E-state index in [9.17, 15) is 0 Å². The highest BCUT2D eigenvalue weighted by Gasteiger charge is 2.30. The third kappa shape index (κ3) is 12.5. The maximum Gasteiger partial charge on any atom is 0.189 e. The van der Waals surface area contributed by atoms with E-state index in [0.717, 1.165) is 0 Å². The Morgan fingerprint density at radius 3 is 0.472 bits per heavy atom. The summed E-state index contributed by atoms with van der Waals surface area (Å²) in [5.41, 5.74) is 0.225. The minimum absolute atomic E-state index is 0.225. The summed E-state index contributed by atoms with van der Waals surface area (Å²) in [6.45, 7) is 0. The van der Waals surface area contributed by atoms with Gasteiger partial charge in [-0.05, 0) is 150 Å². The van der Waals surface area contributed by atoms with Crippen molar-refractivity contribution in [2.75, 3.05) is 0 Å². The molecule has 12 heteroatoms. The predicted octanol–water partition coefficient (Wildman–Crippen LogP) is 18.8. The van der Waals surface area contributed by atoms with Crippen LogP contribution in [0, 0.1) is 0 Å². The average Bonchev–Trinajstić information content (AvgIpc) is 3.43. The summed E-state index contributed by atoms with van der Waals surface area (Å²) in [6.07, 6.45) is 0. The van der Waals surface area contributed by atoms with E-state index in [4.69, 9.17) is 45.7 Å². The molecule has 0 saturated heterocycles. The van der Waals surface area contributed by atoms with Gasteiger partial charge >= 0.3 is 0 Å². The zero-order valence-electron chi connectivity index (χ0n) is 38.1. The zero-order valence-corrected chi connectivity index (χ0v) is 42.8. The number of ether oxygens (including phenoxy) is 8. The Bertz CT molecular complexity index is 2650. The van der Waals surface area contributed by atoms with Crippen LogP contribution in [0.15, 0.2) is 256 Å². The Labute approximate surface area is 444 Å². The molecule has 0 heterocycles. The first-order valence-electron chi connectivity index (χ1n) is 22.4. The number of benzene rings is 10. The Morgan fingerprint density at radius 2 is 0.319 bits per heavy atom. The second-order valence-electron chi connectivity index (χ2n) is 15.3. The van der Waals surface area contributed by atoms with Crippen molar-refractivity contribution < 1.29 is 37.9 Å². The van der Waals surface area contributed by atoms with Gasteiger partial charge in [0.15, 0.2) is 46.0 Å². The quantitative estimate of drug-likeness (QED) is 0.0886. The molecule has 0 atom stereocenters. The van der Waals surface area contributed by atoms with Crippen molar-refractivity contribution in [1.29, 1.82) is 0 Å². The first kappa shape index (κ1) is 49.1. The van der Waals surface area contributed by atoms with E-state index in [1.807, 2.05) is 243 Å². The number of hydrogen-bond donors (Lipinski definition) is 0. The van der Waals surface area contributed by atoms with Crippen LogP contribution in [0.1, 0.15) is 0 Å². The van der Waals surface area contributed by atoms with Crippen LogP contribution in [-0.4, -0.2) is 7.85 Å². The van der Waals surface area contributed by atoms with Crippen molar-refractivity contribution in [3.63, 3.8) is 0 Å². The number of rotatable bonds is 16. The standard InChI is InChI=1S/C30H20BBrO4.C30H20Br2O4/c31-25-27(33-21-13-5-1-6-14-21)29(35-23-17-9-3-10-18-23)26(32)30(36-24-19-11-4-12-20-24)28(25)34-22-15-7-2-8-16-22;31-25-27(33-21-13-5-1-6-14-21)28(34-22-15-7-2-8-16-22)26(32)30(36-24-19-11-4-12-20-24)29(25)35-23-17-9-3-10-18-23/h2*1-20H. The highest BCUT2D eigenvalue weighted by molar-refractivity contribution is 9.11. The third-order valence-electron chi connectivity index (χ3n) is 10.2. The third-order valence-corrected chi connectivity index (χ3v) is 12.4. The minimum Gasteiger partial charge on any atom is -0.454 e. The molecule has 0 amide bonds. The molecule has 0 aromatic heterocycles. The molecule has 0 saturated carbocycles. The molecular formula is C60H40BBr3O8. The van der Waals surface area contributed by atoms with E-state index in [-0.39, 0.29) is 5.46 Å². The molecule has 8 nitrogen and oxygen atoms in total. The van der Waals surface area contributed by atoms with Crippen molar-refractivity contribution in [3.8, 4) is 92.0 Å². The van der Waals surface area contributed by atoms with E-state index in [2.05, 4.69) is 47.8 Å². The van der Waals surface area contributed by atoms with Gasteiger partial charge in [-0.2, -0.15) is 0 Å². The molecule has 0 fully saturated rings. The Balaban J connectivity index is 0.000000178. The lowest BCUT2D eigenvalue weighted by molar-refractivity contribution is 0.383. The molecule has 2 radical (unpaired) electrons. The highest BCUT2D eigenvalue weighted by atomic mass is 79.9. The first-order chi connectivity index (χ1) is 35.4. The number of para-hydroxylation sites is 8. The Kier molecular flexibility index (Phi) is 16.6. The van der Waals surface area contributed by atoms with Gasteiger partial charge in [-0.1, -0.05) is 146 Å². The smallest absolute Gasteiger partial charge is 0.189 e. The summed E-state index contributed by atoms with van der Waals surface area (Å²) in [4.78, 5) is 0. The fourth-order valence-corrected chi connectivity index (χ4v) is 8.42. The number of halogens is 3. The van der Waals surface area contributed by atoms with Crippen molar-refractivity contribution in [3.05, 3.63) is 256 Å². The van der Waals surface area contributed by atoms with Crippen LogP contribution in [0.3, 0.4) is 0 Å². The van der Waals surface area contributed by atoms with Gasteiger partial charge in [0.1, 0.15) is 67.3 Å². The van der Waals surface area contributed by atoms with Gasteiger partial charge in [-0.15, -0.1) is 0 Å². The lowest BCUT2D eigenvalue weighted by Gasteiger charge is -2.23. The van der Waals surface area contributed by atoms with E-state index in [1.165, 1.54) is 0 Å². The molecular weight excluding hydrogens is 1100 g/mol. The second-order valence-corrected chi connectivity index (χ2v) is 17.7. The Hall–Kier alpha value is -7.90. The predicted molar refractivity (Wildman–Crippen MR) is 294 cm³/mol. The molecule has 0 spiro atoms. The molecule has 10 aromatic rings. The van der Waals surface area contributed by atoms with Crippen molar-refractivity contribution in [2.24, 2.45) is 0 Å². The van der Waals surface area contributed by atoms with E-state index in [0.29, 0.717) is 105 Å². The van der Waals surface area contributed by atoms with Gasteiger partial charge < -0.3 is 37.9 Å². The van der Waals surface area contributed by atoms with Crippen molar-refractivity contribution >= 4 is 61.1 Å². The molecule has 0 unspecified atom stereocenters. The molecule has 352 valence electrons. The fourth-order valence-electron chi connectivity index (χ4n) is 6.86. The summed E-state index contributed by atoms with van der Waals surface area (Å²) < 4.78 is 52.0. The molecule has 0 bridgehead atoms. The van der Waals surface area contributed by atoms with E-state index >= 15 is 0 Å². The van der Waals surface area contributed by atoms with Crippen LogP contribution in [0.2, 0.25) is 0 Å². The lowest BCUT2D eigenvalue weighted by atomic mass is 9.92. The summed E-state index contributed by atoms with van der Waals surface area (Å²) >= 11 is 11.1. The molecule has 0 aliphatic heterocycles. The lowest BCUT2D eigenvalue weighted by Crippen LogP contribution is -2.14. The number of hydrogen-bond acceptors (Lipinski definition) is 8. The monoisotopic (exact) mass is 1140 g/mol. The second kappa shape index (κ2) is 24.3. The summed E-state index contributed by atoms with van der Waals surface area (Å²) in [5.74, 6) is 8.02. The van der Waals surface area contributed by atoms with Gasteiger partial charge in [0.05, 0.1) is 0 Å². The SMILES string of the molecule is Brc1c(Oc2ccccc2)c(Oc2ccccc2)c(Br)c(Oc2ccccc2)c1Oc1ccccc1.[B]c1c(Oc2ccccc2)c(Oc2ccccc2)c(Br)c(Oc2ccccc2)c1Oc1ccccc1. The van der Waals surface area contributed by atoms with Crippen LogP contribution < -0.4 is 43.4 Å². The summed E-state index contributed by atoms with van der Waals surface area (Å²) in [5, 5.41) is 0. The zero-order chi connectivity index (χ0) is 49.5. The van der Waals surface area contributed by atoms with Crippen LogP contribution in [-0.2, 0) is 0 Å². The van der Waals surface area contributed by atoms with Gasteiger partial charge in [0.2, 0.25) is 0 Å². The van der Waals surface area contributed by atoms with E-state index < -0.39 is 0 Å². The average molecular weight is 1140 g/mol. The Morgan fingerprint density at radius 1 is 0.194 bits per heavy atom. The van der Waals surface area contributed by atoms with Gasteiger partial charge in [0.25, 0.3) is 0 Å². The molecule has 0 aliphatic rings. The topological polar surface area (TPSA) is 73.8 Å². The van der Waals surface area contributed by atoms with Gasteiger partial charge in [-0.25, -0.2) is 0 Å². The molecule has 72 heavy (non-hydrogen) atoms. The molecule has 0 N–H and O–H groups in total. The van der Waals surface area contributed by atoms with Crippen molar-refractivity contribution in [1.82, 2.24) is 0 Å². The largest absolute Gasteiger partial charge is 0.454 e. The molecule has 10 rings (SSSR count). The van der Waals surface area contributed by atoms with Crippen molar-refractivity contribution in [2.45, 2.75) is 0 Å². The van der Waals surface area contributed by atoms with Crippen LogP contribution in [0.25, 0.3) is 0 Å². The maximum atomic E-state index is 6.73. The summed E-state index contributed by atoms with van der Waals surface area (Å²) in [7, 11) is 6.73. The van der Waals surface area contributed by atoms with Crippen LogP contribution >= 0.6 is 47.8 Å².